The Labute approximate surface area is 431 Å². The molecule has 0 fully saturated rings. The van der Waals surface area contributed by atoms with Crippen LogP contribution in [0.1, 0.15) is 42.4 Å². The first-order chi connectivity index (χ1) is 33.0. The summed E-state index contributed by atoms with van der Waals surface area (Å²) in [6.45, 7) is 3.98. The quantitative estimate of drug-likeness (QED) is 0.0673. The first kappa shape index (κ1) is 49.2. The van der Waals surface area contributed by atoms with Crippen LogP contribution < -0.4 is 0 Å². The minimum Gasteiger partial charge on any atom is -0.458 e. The Bertz CT molecular complexity index is 3490. The van der Waals surface area contributed by atoms with E-state index >= 15 is 0 Å². The summed E-state index contributed by atoms with van der Waals surface area (Å²) in [5.41, 5.74) is 8.60. The maximum Gasteiger partial charge on any atom is 1.00 e. The van der Waals surface area contributed by atoms with E-state index in [-0.39, 0.29) is 44.8 Å². The van der Waals surface area contributed by atoms with Gasteiger partial charge >= 0.3 is 44.8 Å². The fourth-order valence-corrected chi connectivity index (χ4v) is 7.39. The molecule has 0 bridgehead atoms. The van der Waals surface area contributed by atoms with Gasteiger partial charge in [0.1, 0.15) is 34.0 Å². The molecule has 11 rings (SSSR count). The summed E-state index contributed by atoms with van der Waals surface area (Å²) >= 11 is 0. The first-order valence-electron chi connectivity index (χ1n) is 21.6. The second-order valence-corrected chi connectivity index (χ2v) is 15.3. The van der Waals surface area contributed by atoms with Gasteiger partial charge in [-0.15, -0.1) is 23.3 Å². The molecule has 0 aliphatic rings. The zero-order valence-electron chi connectivity index (χ0n) is 37.3. The van der Waals surface area contributed by atoms with E-state index in [0.717, 1.165) is 77.3 Å². The van der Waals surface area contributed by atoms with Crippen LogP contribution in [0.3, 0.4) is 0 Å². The topological polar surface area (TPSA) is 104 Å². The number of furan rings is 2. The van der Waals surface area contributed by atoms with E-state index in [1.807, 2.05) is 208 Å². The van der Waals surface area contributed by atoms with Crippen LogP contribution in [0.15, 0.2) is 203 Å². The number of para-hydroxylation sites is 2. The molecule has 0 N–H and O–H groups in total. The predicted octanol–water partition coefficient (Wildman–Crippen LogP) is 13.7. The Hall–Kier alpha value is -7.76. The molecule has 11 aromatic rings. The van der Waals surface area contributed by atoms with Crippen LogP contribution in [0.2, 0.25) is 0 Å². The van der Waals surface area contributed by atoms with Crippen molar-refractivity contribution >= 4 is 49.5 Å². The van der Waals surface area contributed by atoms with Crippen LogP contribution in [0.25, 0.3) is 83.6 Å². The summed E-state index contributed by atoms with van der Waals surface area (Å²) in [4.78, 5) is 28.7. The normalized spacial score (nSPS) is 10.9. The number of benzene rings is 7. The zero-order chi connectivity index (χ0) is 46.0. The molecule has 0 aliphatic heterocycles. The van der Waals surface area contributed by atoms with Crippen molar-refractivity contribution in [3.05, 3.63) is 236 Å². The van der Waals surface area contributed by atoms with Crippen molar-refractivity contribution in [1.29, 1.82) is 0 Å². The van der Waals surface area contributed by atoms with Crippen molar-refractivity contribution in [2.45, 2.75) is 20.3 Å². The van der Waals surface area contributed by atoms with Gasteiger partial charge in [0.05, 0.1) is 6.42 Å². The van der Waals surface area contributed by atoms with Crippen LogP contribution >= 0.6 is 0 Å². The van der Waals surface area contributed by atoms with Crippen LogP contribution in [0, 0.1) is 24.7 Å². The summed E-state index contributed by atoms with van der Waals surface area (Å²) in [6, 6.07) is 57.0. The van der Waals surface area contributed by atoms with Gasteiger partial charge in [0.2, 0.25) is 0 Å². The van der Waals surface area contributed by atoms with Crippen molar-refractivity contribution < 1.29 is 53.6 Å². The predicted molar refractivity (Wildman–Crippen MR) is 267 cm³/mol. The molecule has 10 heteroatoms. The van der Waals surface area contributed by atoms with E-state index in [1.54, 1.807) is 0 Å². The monoisotopic (exact) mass is 1260 g/mol. The van der Waals surface area contributed by atoms with E-state index in [2.05, 4.69) is 11.8 Å². The van der Waals surface area contributed by atoms with Crippen molar-refractivity contribution in [3.63, 3.8) is 0 Å². The minimum absolute atomic E-state index is 0. The number of allylic oxidation sites excluding steroid dienone is 4. The maximum atomic E-state index is 7.06. The zero-order valence-corrected chi connectivity index (χ0v) is 41.6. The largest absolute Gasteiger partial charge is 1.00 e. The van der Waals surface area contributed by atoms with E-state index in [9.17, 15) is 0 Å². The van der Waals surface area contributed by atoms with Crippen LogP contribution in [-0.4, -0.2) is 29.9 Å². The third-order valence-corrected chi connectivity index (χ3v) is 10.7. The minimum atomic E-state index is 0. The Morgan fingerprint density at radius 2 is 0.855 bits per heavy atom. The van der Waals surface area contributed by atoms with Gasteiger partial charge in [-0.1, -0.05) is 170 Å². The van der Waals surface area contributed by atoms with Gasteiger partial charge in [-0.2, -0.15) is 0 Å². The molecule has 0 atom stereocenters. The molecular weight excluding hydrogens is 1220 g/mol. The van der Waals surface area contributed by atoms with Crippen molar-refractivity contribution in [3.8, 4) is 46.0 Å². The molecule has 340 valence electrons. The van der Waals surface area contributed by atoms with Crippen LogP contribution in [0.4, 0.5) is 0 Å². The molecule has 0 amide bonds. The Balaban J connectivity index is 0.000000179. The number of hydrogen-bond acceptors (Lipinski definition) is 8. The fourth-order valence-electron chi connectivity index (χ4n) is 7.39. The molecule has 0 radical (unpaired) electrons. The van der Waals surface area contributed by atoms with Gasteiger partial charge in [-0.05, 0) is 31.6 Å². The standard InChI is InChI=1S/C31H26N6.2C14H7O.2Au/c1-3-4-14-22(2)28-32-26(33-29(36-28)23-15-8-5-9-16-23)21-27-34-30(24-17-10-6-11-18-24)37-31(35-27)25-19-12-7-13-20-25;2*1-2-10-7-8-12-11-5-3-4-6-13(11)15-14(12)9-10;;/h3-20H,21H2,1-2H3;2*3-9H;;/q;2*-1;2*+1/b4-3-,22-14+;;;;. The van der Waals surface area contributed by atoms with E-state index in [4.69, 9.17) is 51.6 Å². The van der Waals surface area contributed by atoms with Crippen LogP contribution in [0.5, 0.6) is 0 Å². The molecule has 4 aromatic heterocycles. The number of fused-ring (bicyclic) bond motifs is 6. The Kier molecular flexibility index (Phi) is 16.6. The molecule has 0 saturated heterocycles. The molecule has 8 nitrogen and oxygen atoms in total. The van der Waals surface area contributed by atoms with Gasteiger partial charge in [-0.25, -0.2) is 29.9 Å². The summed E-state index contributed by atoms with van der Waals surface area (Å²) in [6.07, 6.45) is 20.4. The average Bonchev–Trinajstić information content (AvgIpc) is 3.96. The van der Waals surface area contributed by atoms with Gasteiger partial charge < -0.3 is 21.7 Å². The summed E-state index contributed by atoms with van der Waals surface area (Å²) in [5, 5.41) is 4.40. The maximum absolute atomic E-state index is 7.06. The molecule has 4 heterocycles. The number of aromatic nitrogens is 6. The molecule has 0 aliphatic carbocycles. The van der Waals surface area contributed by atoms with Gasteiger partial charge in [-0.3, -0.25) is 11.8 Å². The van der Waals surface area contributed by atoms with E-state index < -0.39 is 0 Å². The number of rotatable bonds is 7. The molecular formula is C59H40Au2N6O2. The Morgan fingerprint density at radius 1 is 0.464 bits per heavy atom. The molecule has 0 unspecified atom stereocenters. The third kappa shape index (κ3) is 11.7. The van der Waals surface area contributed by atoms with E-state index in [0.29, 0.717) is 41.4 Å². The summed E-state index contributed by atoms with van der Waals surface area (Å²) in [7, 11) is 0. The van der Waals surface area contributed by atoms with Gasteiger partial charge in [0.15, 0.2) is 23.3 Å². The van der Waals surface area contributed by atoms with Crippen LogP contribution in [-0.2, 0) is 51.2 Å². The van der Waals surface area contributed by atoms with Gasteiger partial charge in [0.25, 0.3) is 0 Å². The summed E-state index contributed by atoms with van der Waals surface area (Å²) in [5.74, 6) is 8.38. The number of nitrogens with zero attached hydrogens (tertiary/aromatic N) is 6. The second-order valence-electron chi connectivity index (χ2n) is 15.3. The molecule has 7 aromatic carbocycles. The smallest absolute Gasteiger partial charge is 0.458 e. The van der Waals surface area contributed by atoms with Gasteiger partial charge in [0, 0.05) is 38.2 Å². The Morgan fingerprint density at radius 3 is 1.29 bits per heavy atom. The number of hydrogen-bond donors (Lipinski definition) is 0. The second kappa shape index (κ2) is 23.3. The first-order valence-corrected chi connectivity index (χ1v) is 21.6. The third-order valence-electron chi connectivity index (χ3n) is 10.7. The van der Waals surface area contributed by atoms with E-state index in [1.165, 1.54) is 0 Å². The molecule has 69 heavy (non-hydrogen) atoms. The van der Waals surface area contributed by atoms with Crippen molar-refractivity contribution in [2.24, 2.45) is 0 Å². The van der Waals surface area contributed by atoms with Crippen molar-refractivity contribution in [2.75, 3.05) is 0 Å². The fraction of sp³-hybridized carbons (Fsp3) is 0.0508. The SMILES string of the molecule is C/C=C\C=C(/C)c1nc(Cc2nc(-c3ccccc3)nc(-c3ccccc3)n2)nc(-c2ccccc2)n1.[Au+].[Au+].[C-]#Cc1ccc2c(c1)oc1ccccc12.[C-]#Cc1ccc2c(c1)oc1ccccc12. The molecule has 0 spiro atoms. The summed E-state index contributed by atoms with van der Waals surface area (Å²) < 4.78 is 11.3. The van der Waals surface area contributed by atoms with Crippen molar-refractivity contribution in [1.82, 2.24) is 29.9 Å². The average molecular weight is 1260 g/mol. The molecule has 0 saturated carbocycles.